The second-order valence-electron chi connectivity index (χ2n) is 19.4. The van der Waals surface area contributed by atoms with Crippen LogP contribution in [0, 0.1) is 0 Å². The molecule has 6 amide bonds. The molecule has 6 atom stereocenters. The zero-order valence-electron chi connectivity index (χ0n) is 43.0. The first kappa shape index (κ1) is 58.4. The van der Waals surface area contributed by atoms with Crippen LogP contribution in [-0.2, 0) is 52.1 Å². The van der Waals surface area contributed by atoms with Gasteiger partial charge in [0.05, 0.1) is 11.5 Å². The van der Waals surface area contributed by atoms with Crippen molar-refractivity contribution in [3.05, 3.63) is 144 Å². The van der Waals surface area contributed by atoms with Gasteiger partial charge in [-0.15, -0.1) is 0 Å². The van der Waals surface area contributed by atoms with Crippen LogP contribution in [0.25, 0.3) is 0 Å². The van der Waals surface area contributed by atoms with Gasteiger partial charge in [-0.2, -0.15) is 0 Å². The molecule has 18 nitrogen and oxygen atoms in total. The van der Waals surface area contributed by atoms with E-state index in [1.54, 1.807) is 74.5 Å². The third-order valence-corrected chi connectivity index (χ3v) is 15.3. The number of amides is 6. The number of sulfonamides is 2. The monoisotopic (exact) mass is 1060 g/mol. The number of nitrogens with zero attached hydrogens (tertiary/aromatic N) is 2. The first-order valence-electron chi connectivity index (χ1n) is 25.1. The zero-order valence-corrected chi connectivity index (χ0v) is 44.7. The highest BCUT2D eigenvalue weighted by Gasteiger charge is 2.38. The summed E-state index contributed by atoms with van der Waals surface area (Å²) in [5.74, 6) is -2.85. The van der Waals surface area contributed by atoms with Crippen LogP contribution in [0.15, 0.2) is 121 Å². The van der Waals surface area contributed by atoms with Crippen molar-refractivity contribution < 1.29 is 45.6 Å². The highest BCUT2D eigenvalue weighted by molar-refractivity contribution is 7.89. The van der Waals surface area contributed by atoms with E-state index in [-0.39, 0.29) is 60.1 Å². The maximum absolute atomic E-state index is 13.2. The fraction of sp³-hybridized carbons (Fsp3) is 0.444. The highest BCUT2D eigenvalue weighted by atomic mass is 32.2. The van der Waals surface area contributed by atoms with Gasteiger partial charge in [0.2, 0.25) is 43.7 Å². The molecule has 2 saturated heterocycles. The topological polar surface area (TPSA) is 249 Å². The molecule has 0 bridgehead atoms. The van der Waals surface area contributed by atoms with Crippen molar-refractivity contribution in [1.29, 1.82) is 0 Å². The molecule has 0 unspecified atom stereocenters. The lowest BCUT2D eigenvalue weighted by atomic mass is 10.1. The van der Waals surface area contributed by atoms with Crippen molar-refractivity contribution in [3.8, 4) is 0 Å². The highest BCUT2D eigenvalue weighted by Crippen LogP contribution is 2.22. The summed E-state index contributed by atoms with van der Waals surface area (Å²) in [5.41, 5.74) is 2.54. The summed E-state index contributed by atoms with van der Waals surface area (Å²) in [6, 6.07) is 30.6. The molecule has 2 aliphatic heterocycles. The van der Waals surface area contributed by atoms with E-state index in [4.69, 9.17) is 0 Å². The van der Waals surface area contributed by atoms with Crippen LogP contribution in [-0.4, -0.2) is 135 Å². The maximum Gasteiger partial charge on any atom is 0.251 e. The number of rotatable bonds is 22. The summed E-state index contributed by atoms with van der Waals surface area (Å²) in [5, 5.41) is 11.0. The van der Waals surface area contributed by atoms with E-state index in [1.807, 2.05) is 88.4 Å². The molecule has 0 aromatic heterocycles. The van der Waals surface area contributed by atoms with Crippen LogP contribution in [0.1, 0.15) is 99.1 Å². The van der Waals surface area contributed by atoms with Crippen molar-refractivity contribution in [1.82, 2.24) is 40.5 Å². The average molecular weight is 1060 g/mol. The summed E-state index contributed by atoms with van der Waals surface area (Å²) in [6.45, 7) is 11.3. The SMILES string of the molecule is CC(C)NC(=O)[C@H](Cc1ccccc1)NS(=O)(=O)C[C@@H]1CCCN1C(=O)[C@H](C)NC(=O)c1ccccc1.CC(C)NC(=O)[C@H](Cc1ccccc1)NS(=O)(=O)C[C@@H]1CCCN1C(=O)[C@H](C)NC(=O)c1ccccc1. The van der Waals surface area contributed by atoms with Gasteiger partial charge in [-0.1, -0.05) is 97.1 Å². The standard InChI is InChI=1S/2C27H36N4O5S/c2*1-19(2)28-26(33)24(17-21-11-6-4-7-12-21)30-37(35,36)18-23-15-10-16-31(23)27(34)20(3)29-25(32)22-13-8-5-9-14-22/h2*4-9,11-14,19-20,23-24,30H,10,15-18H2,1-3H3,(H,28,33)(H,29,32)/t2*20-,23-,24-/m00/s1. The predicted octanol–water partition coefficient (Wildman–Crippen LogP) is 3.70. The molecule has 400 valence electrons. The number of likely N-dealkylation sites (tertiary alicyclic amines) is 2. The quantitative estimate of drug-likeness (QED) is 0.0666. The van der Waals surface area contributed by atoms with Gasteiger partial charge in [0, 0.05) is 48.4 Å². The van der Waals surface area contributed by atoms with E-state index in [9.17, 15) is 45.6 Å². The minimum Gasteiger partial charge on any atom is -0.353 e. The average Bonchev–Trinajstić information content (AvgIpc) is 4.02. The number of hydrogen-bond acceptors (Lipinski definition) is 10. The molecule has 20 heteroatoms. The second-order valence-corrected chi connectivity index (χ2v) is 23.0. The van der Waals surface area contributed by atoms with Crippen LogP contribution < -0.4 is 30.7 Å². The Labute approximate surface area is 436 Å². The number of hydrogen-bond donors (Lipinski definition) is 6. The summed E-state index contributed by atoms with van der Waals surface area (Å²) in [4.78, 5) is 79.9. The van der Waals surface area contributed by atoms with Crippen LogP contribution in [0.2, 0.25) is 0 Å². The molecule has 2 fully saturated rings. The number of carbonyl (C=O) groups excluding carboxylic acids is 6. The third kappa shape index (κ3) is 18.5. The van der Waals surface area contributed by atoms with Crippen molar-refractivity contribution in [2.24, 2.45) is 0 Å². The molecule has 2 heterocycles. The van der Waals surface area contributed by atoms with E-state index in [0.29, 0.717) is 49.9 Å². The molecule has 74 heavy (non-hydrogen) atoms. The van der Waals surface area contributed by atoms with Crippen LogP contribution in [0.5, 0.6) is 0 Å². The van der Waals surface area contributed by atoms with E-state index in [2.05, 4.69) is 30.7 Å². The van der Waals surface area contributed by atoms with Crippen molar-refractivity contribution in [2.45, 2.75) is 128 Å². The molecule has 4 aromatic rings. The number of carbonyl (C=O) groups is 6. The number of benzene rings is 4. The van der Waals surface area contributed by atoms with Crippen LogP contribution in [0.4, 0.5) is 0 Å². The van der Waals surface area contributed by atoms with Crippen molar-refractivity contribution in [2.75, 3.05) is 24.6 Å². The Morgan fingerprint density at radius 1 is 0.473 bits per heavy atom. The smallest absolute Gasteiger partial charge is 0.251 e. The lowest BCUT2D eigenvalue weighted by molar-refractivity contribution is -0.134. The normalized spacial score (nSPS) is 17.3. The lowest BCUT2D eigenvalue weighted by Crippen LogP contribution is -2.53. The molecule has 0 aliphatic carbocycles. The molecular formula is C54H72N8O10S2. The summed E-state index contributed by atoms with van der Waals surface area (Å²) < 4.78 is 57.9. The second kappa shape index (κ2) is 27.7. The van der Waals surface area contributed by atoms with E-state index in [1.165, 1.54) is 9.80 Å². The summed E-state index contributed by atoms with van der Waals surface area (Å²) in [7, 11) is -7.83. The van der Waals surface area contributed by atoms with Gasteiger partial charge < -0.3 is 31.1 Å². The van der Waals surface area contributed by atoms with Gasteiger partial charge in [-0.25, -0.2) is 26.3 Å². The van der Waals surface area contributed by atoms with Gasteiger partial charge >= 0.3 is 0 Å². The molecule has 6 N–H and O–H groups in total. The molecule has 0 radical (unpaired) electrons. The van der Waals surface area contributed by atoms with Gasteiger partial charge in [0.1, 0.15) is 24.2 Å². The Morgan fingerprint density at radius 3 is 1.09 bits per heavy atom. The molecular weight excluding hydrogens is 985 g/mol. The van der Waals surface area contributed by atoms with E-state index >= 15 is 0 Å². The Bertz CT molecular complexity index is 2530. The van der Waals surface area contributed by atoms with Gasteiger partial charge in [0.25, 0.3) is 11.8 Å². The van der Waals surface area contributed by atoms with Gasteiger partial charge in [-0.05, 0) is 115 Å². The van der Waals surface area contributed by atoms with E-state index in [0.717, 1.165) is 11.1 Å². The Morgan fingerprint density at radius 2 is 0.784 bits per heavy atom. The Kier molecular flexibility index (Phi) is 21.9. The lowest BCUT2D eigenvalue weighted by Gasteiger charge is -2.28. The summed E-state index contributed by atoms with van der Waals surface area (Å²) in [6.07, 6.45) is 2.77. The van der Waals surface area contributed by atoms with Crippen molar-refractivity contribution >= 4 is 55.5 Å². The first-order valence-corrected chi connectivity index (χ1v) is 28.4. The fourth-order valence-electron chi connectivity index (χ4n) is 8.84. The molecule has 0 spiro atoms. The van der Waals surface area contributed by atoms with E-state index < -0.39 is 68.1 Å². The van der Waals surface area contributed by atoms with Gasteiger partial charge in [-0.3, -0.25) is 28.8 Å². The zero-order chi connectivity index (χ0) is 54.0. The van der Waals surface area contributed by atoms with Crippen LogP contribution >= 0.6 is 0 Å². The summed E-state index contributed by atoms with van der Waals surface area (Å²) >= 11 is 0. The van der Waals surface area contributed by atoms with Crippen LogP contribution in [0.3, 0.4) is 0 Å². The Balaban J connectivity index is 0.000000274. The maximum atomic E-state index is 13.2. The predicted molar refractivity (Wildman–Crippen MR) is 284 cm³/mol. The number of nitrogens with one attached hydrogen (secondary N) is 6. The molecule has 4 aromatic carbocycles. The first-order chi connectivity index (χ1) is 35.1. The van der Waals surface area contributed by atoms with Crippen molar-refractivity contribution in [3.63, 3.8) is 0 Å². The molecule has 0 saturated carbocycles. The fourth-order valence-corrected chi connectivity index (χ4v) is 12.0. The third-order valence-electron chi connectivity index (χ3n) is 12.4. The van der Waals surface area contributed by atoms with Gasteiger partial charge in [0.15, 0.2) is 0 Å². The largest absolute Gasteiger partial charge is 0.353 e. The minimum absolute atomic E-state index is 0.147. The minimum atomic E-state index is -3.92. The molecule has 6 rings (SSSR count). The Hall–Kier alpha value is -6.48. The molecule has 2 aliphatic rings.